The second kappa shape index (κ2) is 9.28. The smallest absolute Gasteiger partial charge is 0.255 e. The van der Waals surface area contributed by atoms with Gasteiger partial charge in [-0.15, -0.1) is 11.8 Å². The number of nitriles is 1. The summed E-state index contributed by atoms with van der Waals surface area (Å²) < 4.78 is 26.0. The van der Waals surface area contributed by atoms with E-state index >= 15 is 0 Å². The Hall–Kier alpha value is -2.58. The first-order valence-corrected chi connectivity index (χ1v) is 12.0. The van der Waals surface area contributed by atoms with Gasteiger partial charge in [-0.05, 0) is 42.5 Å². The zero-order chi connectivity index (χ0) is 22.8. The Labute approximate surface area is 189 Å². The molecule has 0 aliphatic carbocycles. The van der Waals surface area contributed by atoms with E-state index in [1.807, 2.05) is 6.07 Å². The summed E-state index contributed by atoms with van der Waals surface area (Å²) in [4.78, 5) is 27.1. The molecule has 8 nitrogen and oxygen atoms in total. The van der Waals surface area contributed by atoms with Gasteiger partial charge in [-0.2, -0.15) is 5.26 Å². The van der Waals surface area contributed by atoms with E-state index in [-0.39, 0.29) is 21.4 Å². The van der Waals surface area contributed by atoms with Crippen molar-refractivity contribution in [2.24, 2.45) is 0 Å². The van der Waals surface area contributed by atoms with Crippen molar-refractivity contribution in [2.45, 2.75) is 10.9 Å². The number of carbonyl (C=O) groups is 2. The van der Waals surface area contributed by atoms with Crippen molar-refractivity contribution in [2.75, 3.05) is 31.0 Å². The summed E-state index contributed by atoms with van der Waals surface area (Å²) in [6.07, 6.45) is 0. The van der Waals surface area contributed by atoms with Gasteiger partial charge in [-0.1, -0.05) is 11.6 Å². The largest absolute Gasteiger partial charge is 0.324 e. The lowest BCUT2D eigenvalue weighted by molar-refractivity contribution is -0.119. The lowest BCUT2D eigenvalue weighted by atomic mass is 10.1. The third kappa shape index (κ3) is 4.85. The molecule has 0 bridgehead atoms. The summed E-state index contributed by atoms with van der Waals surface area (Å²) >= 11 is 7.49. The minimum atomic E-state index is -3.84. The van der Waals surface area contributed by atoms with Crippen molar-refractivity contribution < 1.29 is 18.0 Å². The first-order chi connectivity index (χ1) is 14.6. The SMILES string of the molecule is CN(C)S(=O)(=O)c1cc(C(=O)N2CSCC2C(=O)Nc2ccc(C#N)cc2)ccc1Cl. The van der Waals surface area contributed by atoms with E-state index in [1.165, 1.54) is 49.0 Å². The molecule has 2 aromatic carbocycles. The maximum Gasteiger partial charge on any atom is 0.255 e. The van der Waals surface area contributed by atoms with Crippen LogP contribution in [0.5, 0.6) is 0 Å². The van der Waals surface area contributed by atoms with Gasteiger partial charge in [-0.3, -0.25) is 9.59 Å². The fourth-order valence-electron chi connectivity index (χ4n) is 2.91. The van der Waals surface area contributed by atoms with Crippen LogP contribution in [0.15, 0.2) is 47.4 Å². The number of nitrogens with one attached hydrogen (secondary N) is 1. The molecular formula is C20H19ClN4O4S2. The topological polar surface area (TPSA) is 111 Å². The first-order valence-electron chi connectivity index (χ1n) is 9.07. The van der Waals surface area contributed by atoms with Crippen LogP contribution in [0, 0.1) is 11.3 Å². The maximum atomic E-state index is 13.1. The Bertz CT molecular complexity index is 1160. The molecular weight excluding hydrogens is 460 g/mol. The molecule has 0 radical (unpaired) electrons. The second-order valence-electron chi connectivity index (χ2n) is 6.90. The molecule has 11 heteroatoms. The van der Waals surface area contributed by atoms with E-state index in [0.29, 0.717) is 22.9 Å². The van der Waals surface area contributed by atoms with Gasteiger partial charge in [0.25, 0.3) is 5.91 Å². The van der Waals surface area contributed by atoms with Crippen LogP contribution in [-0.2, 0) is 14.8 Å². The lowest BCUT2D eigenvalue weighted by Gasteiger charge is -2.23. The number of nitrogens with zero attached hydrogens (tertiary/aromatic N) is 3. The predicted octanol–water partition coefficient (Wildman–Crippen LogP) is 2.62. The Kier molecular flexibility index (Phi) is 6.91. The van der Waals surface area contributed by atoms with Crippen molar-refractivity contribution >= 4 is 50.9 Å². The van der Waals surface area contributed by atoms with Crippen LogP contribution in [0.3, 0.4) is 0 Å². The van der Waals surface area contributed by atoms with Crippen molar-refractivity contribution in [3.8, 4) is 6.07 Å². The summed E-state index contributed by atoms with van der Waals surface area (Å²) in [6, 6.07) is 11.7. The molecule has 31 heavy (non-hydrogen) atoms. The second-order valence-corrected chi connectivity index (χ2v) is 10.4. The molecule has 2 amide bonds. The summed E-state index contributed by atoms with van der Waals surface area (Å²) in [5.74, 6) is -0.123. The minimum absolute atomic E-state index is 0.0103. The number of rotatable bonds is 5. The molecule has 0 saturated carbocycles. The minimum Gasteiger partial charge on any atom is -0.324 e. The third-order valence-electron chi connectivity index (χ3n) is 4.66. The van der Waals surface area contributed by atoms with E-state index in [1.54, 1.807) is 24.3 Å². The van der Waals surface area contributed by atoms with Crippen molar-refractivity contribution in [1.29, 1.82) is 5.26 Å². The van der Waals surface area contributed by atoms with Crippen molar-refractivity contribution in [3.05, 3.63) is 58.6 Å². The Morgan fingerprint density at radius 3 is 2.52 bits per heavy atom. The van der Waals surface area contributed by atoms with Crippen LogP contribution in [0.2, 0.25) is 5.02 Å². The van der Waals surface area contributed by atoms with Crippen LogP contribution in [0.4, 0.5) is 5.69 Å². The van der Waals surface area contributed by atoms with Gasteiger partial charge in [0.15, 0.2) is 0 Å². The number of hydrogen-bond donors (Lipinski definition) is 1. The fourth-order valence-corrected chi connectivity index (χ4v) is 5.46. The number of hydrogen-bond acceptors (Lipinski definition) is 6. The van der Waals surface area contributed by atoms with Crippen molar-refractivity contribution in [1.82, 2.24) is 9.21 Å². The van der Waals surface area contributed by atoms with Gasteiger partial charge in [0.1, 0.15) is 10.9 Å². The van der Waals surface area contributed by atoms with Crippen LogP contribution in [-0.4, -0.2) is 61.2 Å². The van der Waals surface area contributed by atoms with Gasteiger partial charge >= 0.3 is 0 Å². The highest BCUT2D eigenvalue weighted by Gasteiger charge is 2.36. The molecule has 1 N–H and O–H groups in total. The number of benzene rings is 2. The summed E-state index contributed by atoms with van der Waals surface area (Å²) in [5.41, 5.74) is 1.11. The predicted molar refractivity (Wildman–Crippen MR) is 119 cm³/mol. The monoisotopic (exact) mass is 478 g/mol. The molecule has 1 aliphatic heterocycles. The molecule has 1 unspecified atom stereocenters. The van der Waals surface area contributed by atoms with E-state index < -0.39 is 22.0 Å². The number of amides is 2. The molecule has 1 fully saturated rings. The molecule has 1 aliphatic rings. The average molecular weight is 479 g/mol. The van der Waals surface area contributed by atoms with E-state index in [0.717, 1.165) is 4.31 Å². The standard InChI is InChI=1S/C20H19ClN4O4S2/c1-24(2)31(28,29)18-9-14(5-8-16(18)21)20(27)25-12-30-11-17(25)19(26)23-15-6-3-13(10-22)4-7-15/h3-9,17H,11-12H2,1-2H3,(H,23,26). The number of sulfonamides is 1. The summed E-state index contributed by atoms with van der Waals surface area (Å²) in [7, 11) is -1.09. The van der Waals surface area contributed by atoms with E-state index in [4.69, 9.17) is 16.9 Å². The normalized spacial score (nSPS) is 16.2. The van der Waals surface area contributed by atoms with Crippen LogP contribution >= 0.6 is 23.4 Å². The Morgan fingerprint density at radius 2 is 1.90 bits per heavy atom. The van der Waals surface area contributed by atoms with Crippen LogP contribution in [0.1, 0.15) is 15.9 Å². The fraction of sp³-hybridized carbons (Fsp3) is 0.250. The molecule has 2 aromatic rings. The molecule has 162 valence electrons. The Balaban J connectivity index is 1.82. The Morgan fingerprint density at radius 1 is 1.23 bits per heavy atom. The summed E-state index contributed by atoms with van der Waals surface area (Å²) in [5, 5.41) is 11.6. The highest BCUT2D eigenvalue weighted by molar-refractivity contribution is 7.99. The van der Waals surface area contributed by atoms with Gasteiger partial charge < -0.3 is 10.2 Å². The molecule has 1 saturated heterocycles. The van der Waals surface area contributed by atoms with Crippen molar-refractivity contribution in [3.63, 3.8) is 0 Å². The molecule has 0 spiro atoms. The van der Waals surface area contributed by atoms with E-state index in [2.05, 4.69) is 5.32 Å². The number of carbonyl (C=O) groups excluding carboxylic acids is 2. The zero-order valence-electron chi connectivity index (χ0n) is 16.7. The van der Waals surface area contributed by atoms with Gasteiger partial charge in [0, 0.05) is 31.1 Å². The number of thioether (sulfide) groups is 1. The van der Waals surface area contributed by atoms with Crippen LogP contribution in [0.25, 0.3) is 0 Å². The molecule has 1 atom stereocenters. The van der Waals surface area contributed by atoms with Gasteiger partial charge in [0.2, 0.25) is 15.9 Å². The van der Waals surface area contributed by atoms with Gasteiger partial charge in [-0.25, -0.2) is 12.7 Å². The number of anilines is 1. The molecule has 3 rings (SSSR count). The zero-order valence-corrected chi connectivity index (χ0v) is 19.1. The lowest BCUT2D eigenvalue weighted by Crippen LogP contribution is -2.44. The quantitative estimate of drug-likeness (QED) is 0.707. The van der Waals surface area contributed by atoms with Gasteiger partial charge in [0.05, 0.1) is 22.5 Å². The third-order valence-corrected chi connectivity index (χ3v) is 7.97. The highest BCUT2D eigenvalue weighted by Crippen LogP contribution is 2.28. The van der Waals surface area contributed by atoms with Crippen LogP contribution < -0.4 is 5.32 Å². The summed E-state index contributed by atoms with van der Waals surface area (Å²) in [6.45, 7) is 0. The average Bonchev–Trinajstić information content (AvgIpc) is 3.24. The first kappa shape index (κ1) is 23.1. The number of halogens is 1. The van der Waals surface area contributed by atoms with E-state index in [9.17, 15) is 18.0 Å². The molecule has 0 aromatic heterocycles. The molecule has 1 heterocycles. The maximum absolute atomic E-state index is 13.1. The highest BCUT2D eigenvalue weighted by atomic mass is 35.5.